The van der Waals surface area contributed by atoms with Crippen molar-refractivity contribution in [3.63, 3.8) is 0 Å². The molecular weight excluding hydrogens is 222 g/mol. The molecule has 0 aromatic heterocycles. The molecule has 0 aliphatic carbocycles. The Bertz CT molecular complexity index is 338. The Morgan fingerprint density at radius 1 is 1.38 bits per heavy atom. The van der Waals surface area contributed by atoms with Gasteiger partial charge >= 0.3 is 0 Å². The lowest BCUT2D eigenvalue weighted by Gasteiger charge is -2.35. The second-order valence-corrected chi connectivity index (χ2v) is 4.77. The zero-order valence-electron chi connectivity index (χ0n) is 9.74. The van der Waals surface area contributed by atoms with Crippen LogP contribution in [0, 0.1) is 0 Å². The molecule has 1 aliphatic rings. The number of halogens is 1. The first-order chi connectivity index (χ1) is 7.70. The van der Waals surface area contributed by atoms with Gasteiger partial charge in [0.2, 0.25) is 0 Å². The molecule has 0 saturated carbocycles. The number of ether oxygens (including phenoxy) is 1. The molecule has 1 saturated heterocycles. The van der Waals surface area contributed by atoms with E-state index in [1.807, 2.05) is 24.3 Å². The van der Waals surface area contributed by atoms with E-state index >= 15 is 0 Å². The van der Waals surface area contributed by atoms with E-state index in [4.69, 9.17) is 16.3 Å². The van der Waals surface area contributed by atoms with Crippen molar-refractivity contribution in [3.8, 4) is 0 Å². The topological polar surface area (TPSA) is 21.3 Å². The Labute approximate surface area is 102 Å². The van der Waals surface area contributed by atoms with Gasteiger partial charge in [0.05, 0.1) is 12.2 Å². The fourth-order valence-corrected chi connectivity index (χ4v) is 2.18. The molecule has 1 aromatic rings. The molecule has 1 aliphatic heterocycles. The van der Waals surface area contributed by atoms with E-state index in [-0.39, 0.29) is 6.10 Å². The second-order valence-electron chi connectivity index (χ2n) is 4.34. The molecule has 2 rings (SSSR count). The number of hydrogen-bond acceptors (Lipinski definition) is 2. The highest BCUT2D eigenvalue weighted by molar-refractivity contribution is 6.30. The van der Waals surface area contributed by atoms with Crippen molar-refractivity contribution in [1.82, 2.24) is 5.32 Å². The third kappa shape index (κ3) is 2.57. The molecule has 1 fully saturated rings. The summed E-state index contributed by atoms with van der Waals surface area (Å²) >= 11 is 5.89. The van der Waals surface area contributed by atoms with Crippen molar-refractivity contribution < 1.29 is 4.74 Å². The normalized spacial score (nSPS) is 30.3. The van der Waals surface area contributed by atoms with Crippen molar-refractivity contribution in [2.45, 2.75) is 38.5 Å². The third-order valence-electron chi connectivity index (χ3n) is 3.11. The van der Waals surface area contributed by atoms with Crippen LogP contribution in [0.15, 0.2) is 24.3 Å². The molecular formula is C13H18ClNO. The van der Waals surface area contributed by atoms with Crippen molar-refractivity contribution >= 4 is 11.6 Å². The third-order valence-corrected chi connectivity index (χ3v) is 3.37. The molecule has 88 valence electrons. The molecule has 1 N–H and O–H groups in total. The van der Waals surface area contributed by atoms with Gasteiger partial charge in [-0.3, -0.25) is 0 Å². The number of rotatable bonds is 2. The van der Waals surface area contributed by atoms with E-state index in [0.29, 0.717) is 12.1 Å². The van der Waals surface area contributed by atoms with Gasteiger partial charge in [0, 0.05) is 17.6 Å². The van der Waals surface area contributed by atoms with Crippen LogP contribution < -0.4 is 5.32 Å². The summed E-state index contributed by atoms with van der Waals surface area (Å²) < 4.78 is 6.07. The number of nitrogens with one attached hydrogen (secondary N) is 1. The lowest BCUT2D eigenvalue weighted by atomic mass is 10.0. The predicted molar refractivity (Wildman–Crippen MR) is 66.8 cm³/mol. The van der Waals surface area contributed by atoms with Crippen LogP contribution in [0.2, 0.25) is 5.02 Å². The monoisotopic (exact) mass is 239 g/mol. The SMILES string of the molecule is CCC1CNC(C)C(c2ccc(Cl)cc2)O1. The van der Waals surface area contributed by atoms with Gasteiger partial charge in [0.15, 0.2) is 0 Å². The van der Waals surface area contributed by atoms with Crippen LogP contribution in [0.4, 0.5) is 0 Å². The van der Waals surface area contributed by atoms with Crippen molar-refractivity contribution in [2.24, 2.45) is 0 Å². The van der Waals surface area contributed by atoms with Gasteiger partial charge in [0.1, 0.15) is 0 Å². The fraction of sp³-hybridized carbons (Fsp3) is 0.538. The van der Waals surface area contributed by atoms with E-state index in [0.717, 1.165) is 18.0 Å². The van der Waals surface area contributed by atoms with Gasteiger partial charge in [-0.15, -0.1) is 0 Å². The van der Waals surface area contributed by atoms with E-state index in [2.05, 4.69) is 19.2 Å². The molecule has 16 heavy (non-hydrogen) atoms. The zero-order valence-corrected chi connectivity index (χ0v) is 10.5. The van der Waals surface area contributed by atoms with E-state index in [9.17, 15) is 0 Å². The molecule has 0 radical (unpaired) electrons. The summed E-state index contributed by atoms with van der Waals surface area (Å²) in [7, 11) is 0. The van der Waals surface area contributed by atoms with E-state index < -0.39 is 0 Å². The predicted octanol–water partition coefficient (Wildman–Crippen LogP) is 3.17. The van der Waals surface area contributed by atoms with Gasteiger partial charge in [0.25, 0.3) is 0 Å². The van der Waals surface area contributed by atoms with E-state index in [1.54, 1.807) is 0 Å². The van der Waals surface area contributed by atoms with Crippen LogP contribution in [0.5, 0.6) is 0 Å². The minimum Gasteiger partial charge on any atom is -0.367 e. The summed E-state index contributed by atoms with van der Waals surface area (Å²) in [5.74, 6) is 0. The minimum atomic E-state index is 0.135. The molecule has 3 unspecified atom stereocenters. The largest absolute Gasteiger partial charge is 0.367 e. The summed E-state index contributed by atoms with van der Waals surface area (Å²) in [5.41, 5.74) is 1.20. The maximum atomic E-state index is 6.07. The van der Waals surface area contributed by atoms with Gasteiger partial charge in [-0.05, 0) is 31.0 Å². The van der Waals surface area contributed by atoms with Crippen molar-refractivity contribution in [1.29, 1.82) is 0 Å². The summed E-state index contributed by atoms with van der Waals surface area (Å²) in [6, 6.07) is 8.28. The summed E-state index contributed by atoms with van der Waals surface area (Å²) in [6.07, 6.45) is 1.50. The summed E-state index contributed by atoms with van der Waals surface area (Å²) in [4.78, 5) is 0. The van der Waals surface area contributed by atoms with E-state index in [1.165, 1.54) is 5.56 Å². The van der Waals surface area contributed by atoms with Gasteiger partial charge in [-0.25, -0.2) is 0 Å². The average Bonchev–Trinajstić information content (AvgIpc) is 2.31. The van der Waals surface area contributed by atoms with Gasteiger partial charge in [-0.1, -0.05) is 30.7 Å². The lowest BCUT2D eigenvalue weighted by Crippen LogP contribution is -2.46. The van der Waals surface area contributed by atoms with Crippen LogP contribution in [-0.2, 0) is 4.74 Å². The average molecular weight is 240 g/mol. The number of benzene rings is 1. The molecule has 3 atom stereocenters. The van der Waals surface area contributed by atoms with Crippen molar-refractivity contribution in [2.75, 3.05) is 6.54 Å². The molecule has 2 nitrogen and oxygen atoms in total. The molecule has 1 aromatic carbocycles. The molecule has 0 spiro atoms. The molecule has 3 heteroatoms. The molecule has 0 bridgehead atoms. The first-order valence-corrected chi connectivity index (χ1v) is 6.22. The highest BCUT2D eigenvalue weighted by atomic mass is 35.5. The number of hydrogen-bond donors (Lipinski definition) is 1. The lowest BCUT2D eigenvalue weighted by molar-refractivity contribution is -0.0622. The second kappa shape index (κ2) is 5.17. The zero-order chi connectivity index (χ0) is 11.5. The van der Waals surface area contributed by atoms with Crippen LogP contribution >= 0.6 is 11.6 Å². The fourth-order valence-electron chi connectivity index (χ4n) is 2.06. The Balaban J connectivity index is 2.14. The summed E-state index contributed by atoms with van der Waals surface area (Å²) in [5, 5.41) is 4.26. The van der Waals surface area contributed by atoms with Crippen LogP contribution in [0.25, 0.3) is 0 Å². The molecule has 1 heterocycles. The Morgan fingerprint density at radius 2 is 2.06 bits per heavy atom. The quantitative estimate of drug-likeness (QED) is 0.856. The minimum absolute atomic E-state index is 0.135. The Hall–Kier alpha value is -0.570. The maximum Gasteiger partial charge on any atom is 0.0979 e. The Morgan fingerprint density at radius 3 is 2.69 bits per heavy atom. The first kappa shape index (κ1) is 11.9. The highest BCUT2D eigenvalue weighted by Crippen LogP contribution is 2.27. The number of morpholine rings is 1. The first-order valence-electron chi connectivity index (χ1n) is 5.85. The van der Waals surface area contributed by atoms with Crippen LogP contribution in [0.3, 0.4) is 0 Å². The van der Waals surface area contributed by atoms with Gasteiger partial charge < -0.3 is 10.1 Å². The maximum absolute atomic E-state index is 6.07. The smallest absolute Gasteiger partial charge is 0.0979 e. The van der Waals surface area contributed by atoms with Crippen LogP contribution in [0.1, 0.15) is 31.9 Å². The summed E-state index contributed by atoms with van der Waals surface area (Å²) in [6.45, 7) is 5.26. The van der Waals surface area contributed by atoms with Crippen LogP contribution in [-0.4, -0.2) is 18.7 Å². The Kier molecular flexibility index (Phi) is 3.85. The molecule has 0 amide bonds. The highest BCUT2D eigenvalue weighted by Gasteiger charge is 2.28. The van der Waals surface area contributed by atoms with Gasteiger partial charge in [-0.2, -0.15) is 0 Å². The van der Waals surface area contributed by atoms with Crippen molar-refractivity contribution in [3.05, 3.63) is 34.9 Å². The standard InChI is InChI=1S/C13H18ClNO/c1-3-12-8-15-9(2)13(16-12)10-4-6-11(14)7-5-10/h4-7,9,12-13,15H,3,8H2,1-2H3.